The Labute approximate surface area is 166 Å². The molecule has 0 radical (unpaired) electrons. The number of carbonyl (C=O) groups is 1. The van der Waals surface area contributed by atoms with Gasteiger partial charge in [-0.05, 0) is 43.8 Å². The van der Waals surface area contributed by atoms with Crippen molar-refractivity contribution >= 4 is 39.8 Å². The average Bonchev–Trinajstić information content (AvgIpc) is 3.33. The van der Waals surface area contributed by atoms with Crippen LogP contribution in [0.4, 0.5) is 15.6 Å². The van der Waals surface area contributed by atoms with E-state index in [1.807, 2.05) is 12.1 Å². The van der Waals surface area contributed by atoms with Gasteiger partial charge >= 0.3 is 6.03 Å². The highest BCUT2D eigenvalue weighted by molar-refractivity contribution is 7.14. The lowest BCUT2D eigenvalue weighted by molar-refractivity contribution is 0.0928. The van der Waals surface area contributed by atoms with E-state index >= 15 is 0 Å². The standard InChI is InChI=1S/C18H21ClN4O3S/c1-22-5-4-18(9-22)10-23(14-3-2-11(19)6-12(14)18)17(26)21-16-20-13(8-27-16)15(25)7-24/h2-3,6,8,15,24-25H,4-5,7,9-10H2,1H3,(H,20,21,26). The fourth-order valence-corrected chi connectivity index (χ4v) is 4.92. The lowest BCUT2D eigenvalue weighted by Gasteiger charge is -2.25. The summed E-state index contributed by atoms with van der Waals surface area (Å²) >= 11 is 7.46. The van der Waals surface area contributed by atoms with E-state index in [2.05, 4.69) is 22.2 Å². The number of aromatic nitrogens is 1. The van der Waals surface area contributed by atoms with Crippen molar-refractivity contribution in [3.05, 3.63) is 39.9 Å². The summed E-state index contributed by atoms with van der Waals surface area (Å²) in [7, 11) is 2.09. The minimum Gasteiger partial charge on any atom is -0.393 e. The van der Waals surface area contributed by atoms with E-state index in [-0.39, 0.29) is 11.4 Å². The first-order chi connectivity index (χ1) is 12.9. The van der Waals surface area contributed by atoms with Crippen LogP contribution in [0, 0.1) is 0 Å². The largest absolute Gasteiger partial charge is 0.393 e. The molecular formula is C18H21ClN4O3S. The molecular weight excluding hydrogens is 388 g/mol. The van der Waals surface area contributed by atoms with Crippen molar-refractivity contribution in [2.24, 2.45) is 0 Å². The zero-order chi connectivity index (χ0) is 19.2. The molecule has 2 atom stereocenters. The van der Waals surface area contributed by atoms with Gasteiger partial charge in [-0.15, -0.1) is 11.3 Å². The average molecular weight is 409 g/mol. The fourth-order valence-electron chi connectivity index (χ4n) is 4.00. The number of anilines is 2. The molecule has 1 saturated heterocycles. The number of likely N-dealkylation sites (tertiary alicyclic amines) is 1. The molecule has 1 fully saturated rings. The van der Waals surface area contributed by atoms with E-state index in [1.54, 1.807) is 16.3 Å². The van der Waals surface area contributed by atoms with Gasteiger partial charge < -0.3 is 15.1 Å². The summed E-state index contributed by atoms with van der Waals surface area (Å²) in [6.45, 7) is 2.05. The summed E-state index contributed by atoms with van der Waals surface area (Å²) in [6, 6.07) is 5.41. The molecule has 2 aliphatic rings. The molecule has 4 rings (SSSR count). The third kappa shape index (κ3) is 3.32. The number of aliphatic hydroxyl groups excluding tert-OH is 2. The molecule has 2 amide bonds. The van der Waals surface area contributed by atoms with E-state index in [4.69, 9.17) is 16.7 Å². The molecule has 0 saturated carbocycles. The Balaban J connectivity index is 1.59. The number of amides is 2. The van der Waals surface area contributed by atoms with Crippen molar-refractivity contribution in [1.29, 1.82) is 0 Å². The zero-order valence-corrected chi connectivity index (χ0v) is 16.4. The fraction of sp³-hybridized carbons (Fsp3) is 0.444. The lowest BCUT2D eigenvalue weighted by atomic mass is 9.81. The van der Waals surface area contributed by atoms with E-state index in [0.29, 0.717) is 22.4 Å². The number of thiazole rings is 1. The summed E-state index contributed by atoms with van der Waals surface area (Å²) < 4.78 is 0. The molecule has 3 N–H and O–H groups in total. The van der Waals surface area contributed by atoms with Crippen LogP contribution in [-0.4, -0.2) is 59.4 Å². The van der Waals surface area contributed by atoms with Gasteiger partial charge in [-0.25, -0.2) is 9.78 Å². The number of halogens is 1. The van der Waals surface area contributed by atoms with Crippen molar-refractivity contribution in [2.45, 2.75) is 17.9 Å². The maximum Gasteiger partial charge on any atom is 0.328 e. The normalized spacial score (nSPS) is 23.0. The predicted molar refractivity (Wildman–Crippen MR) is 106 cm³/mol. The maximum atomic E-state index is 13.0. The van der Waals surface area contributed by atoms with Gasteiger partial charge in [0.25, 0.3) is 0 Å². The number of benzene rings is 1. The van der Waals surface area contributed by atoms with Crippen LogP contribution in [0.3, 0.4) is 0 Å². The molecule has 1 spiro atoms. The quantitative estimate of drug-likeness (QED) is 0.726. The Bertz CT molecular complexity index is 876. The molecule has 0 bridgehead atoms. The van der Waals surface area contributed by atoms with Crippen LogP contribution < -0.4 is 10.2 Å². The molecule has 1 aromatic carbocycles. The molecule has 1 aromatic heterocycles. The summed E-state index contributed by atoms with van der Waals surface area (Å²) in [5.41, 5.74) is 2.23. The number of rotatable bonds is 3. The first-order valence-electron chi connectivity index (χ1n) is 8.73. The monoisotopic (exact) mass is 408 g/mol. The van der Waals surface area contributed by atoms with Crippen LogP contribution in [0.1, 0.15) is 23.8 Å². The Morgan fingerprint density at radius 2 is 2.30 bits per heavy atom. The van der Waals surface area contributed by atoms with E-state index < -0.39 is 12.7 Å². The third-order valence-electron chi connectivity index (χ3n) is 5.32. The topological polar surface area (TPSA) is 88.9 Å². The van der Waals surface area contributed by atoms with Gasteiger partial charge in [0.15, 0.2) is 5.13 Å². The van der Waals surface area contributed by atoms with Crippen molar-refractivity contribution in [1.82, 2.24) is 9.88 Å². The van der Waals surface area contributed by atoms with Crippen LogP contribution in [0.15, 0.2) is 23.6 Å². The highest BCUT2D eigenvalue weighted by atomic mass is 35.5. The summed E-state index contributed by atoms with van der Waals surface area (Å²) in [6.07, 6.45) is -0.0658. The van der Waals surface area contributed by atoms with Gasteiger partial charge in [0, 0.05) is 34.6 Å². The number of nitrogens with zero attached hydrogens (tertiary/aromatic N) is 3. The summed E-state index contributed by atoms with van der Waals surface area (Å²) in [5, 5.41) is 24.2. The SMILES string of the molecule is CN1CCC2(C1)CN(C(=O)Nc1nc(C(O)CO)cs1)c1ccc(Cl)cc12. The third-order valence-corrected chi connectivity index (χ3v) is 6.33. The Morgan fingerprint density at radius 1 is 1.48 bits per heavy atom. The number of likely N-dealkylation sites (N-methyl/N-ethyl adjacent to an activating group) is 1. The van der Waals surface area contributed by atoms with Crippen molar-refractivity contribution in [2.75, 3.05) is 43.5 Å². The number of aliphatic hydroxyl groups is 2. The maximum absolute atomic E-state index is 13.0. The molecule has 9 heteroatoms. The summed E-state index contributed by atoms with van der Waals surface area (Å²) in [5.74, 6) is 0. The highest BCUT2D eigenvalue weighted by Gasteiger charge is 2.48. The first kappa shape index (κ1) is 18.6. The molecule has 2 aliphatic heterocycles. The number of hydrogen-bond acceptors (Lipinski definition) is 6. The van der Waals surface area contributed by atoms with Crippen LogP contribution in [0.2, 0.25) is 5.02 Å². The Kier molecular flexibility index (Phi) is 4.85. The van der Waals surface area contributed by atoms with E-state index in [0.717, 1.165) is 30.8 Å². The molecule has 144 valence electrons. The first-order valence-corrected chi connectivity index (χ1v) is 9.99. The minimum absolute atomic E-state index is 0.104. The number of urea groups is 1. The van der Waals surface area contributed by atoms with Gasteiger partial charge in [0.1, 0.15) is 6.10 Å². The van der Waals surface area contributed by atoms with Gasteiger partial charge in [-0.1, -0.05) is 11.6 Å². The molecule has 3 heterocycles. The Morgan fingerprint density at radius 3 is 3.00 bits per heavy atom. The van der Waals surface area contributed by atoms with Gasteiger partial charge in [0.05, 0.1) is 12.3 Å². The summed E-state index contributed by atoms with van der Waals surface area (Å²) in [4.78, 5) is 21.2. The second-order valence-corrected chi connectivity index (χ2v) is 8.52. The molecule has 7 nitrogen and oxygen atoms in total. The zero-order valence-electron chi connectivity index (χ0n) is 14.9. The van der Waals surface area contributed by atoms with Gasteiger partial charge in [-0.3, -0.25) is 10.2 Å². The smallest absolute Gasteiger partial charge is 0.328 e. The van der Waals surface area contributed by atoms with Crippen LogP contribution >= 0.6 is 22.9 Å². The van der Waals surface area contributed by atoms with Crippen LogP contribution in [0.25, 0.3) is 0 Å². The minimum atomic E-state index is -1.04. The molecule has 0 aliphatic carbocycles. The van der Waals surface area contributed by atoms with Crippen LogP contribution in [0.5, 0.6) is 0 Å². The van der Waals surface area contributed by atoms with Gasteiger partial charge in [-0.2, -0.15) is 0 Å². The lowest BCUT2D eigenvalue weighted by Crippen LogP contribution is -2.40. The highest BCUT2D eigenvalue weighted by Crippen LogP contribution is 2.47. The van der Waals surface area contributed by atoms with Crippen molar-refractivity contribution in [3.8, 4) is 0 Å². The number of nitrogens with one attached hydrogen (secondary N) is 1. The van der Waals surface area contributed by atoms with Crippen molar-refractivity contribution in [3.63, 3.8) is 0 Å². The van der Waals surface area contributed by atoms with Crippen LogP contribution in [-0.2, 0) is 5.41 Å². The van der Waals surface area contributed by atoms with E-state index in [9.17, 15) is 9.90 Å². The Hall–Kier alpha value is -1.71. The molecule has 2 aromatic rings. The van der Waals surface area contributed by atoms with E-state index in [1.165, 1.54) is 11.3 Å². The second-order valence-electron chi connectivity index (χ2n) is 7.22. The van der Waals surface area contributed by atoms with Gasteiger partial charge in [0.2, 0.25) is 0 Å². The number of carbonyl (C=O) groups excluding carboxylic acids is 1. The second kappa shape index (κ2) is 7.03. The number of fused-ring (bicyclic) bond motifs is 2. The molecule has 27 heavy (non-hydrogen) atoms. The van der Waals surface area contributed by atoms with Crippen molar-refractivity contribution < 1.29 is 15.0 Å². The number of hydrogen-bond donors (Lipinski definition) is 3. The molecule has 2 unspecified atom stereocenters. The predicted octanol–water partition coefficient (Wildman–Crippen LogP) is 2.45.